The van der Waals surface area contributed by atoms with Gasteiger partial charge in [-0.15, -0.1) is 0 Å². The lowest BCUT2D eigenvalue weighted by atomic mass is 10.2. The molecule has 27 heavy (non-hydrogen) atoms. The lowest BCUT2D eigenvalue weighted by molar-refractivity contribution is -0.140. The largest absolute Gasteiger partial charge is 0.480 e. The van der Waals surface area contributed by atoms with E-state index >= 15 is 0 Å². The minimum Gasteiger partial charge on any atom is -0.480 e. The number of carboxylic acid groups (broad SMARTS) is 1. The first-order valence-corrected chi connectivity index (χ1v) is 8.27. The Balaban J connectivity index is 1.69. The summed E-state index contributed by atoms with van der Waals surface area (Å²) in [4.78, 5) is 23.2. The van der Waals surface area contributed by atoms with E-state index in [0.717, 1.165) is 0 Å². The first-order valence-electron chi connectivity index (χ1n) is 7.90. The van der Waals surface area contributed by atoms with E-state index in [2.05, 4.69) is 15.5 Å². The Bertz CT molecular complexity index is 980. The maximum atomic E-state index is 13.9. The number of hydrogen-bond donors (Lipinski definition) is 2. The second kappa shape index (κ2) is 7.58. The minimum atomic E-state index is -1.06. The minimum absolute atomic E-state index is 0.0630. The smallest absolute Gasteiger partial charge is 0.328 e. The predicted octanol–water partition coefficient (Wildman–Crippen LogP) is 2.82. The molecule has 1 atom stereocenters. The van der Waals surface area contributed by atoms with E-state index in [-0.39, 0.29) is 17.3 Å². The van der Waals surface area contributed by atoms with Gasteiger partial charge in [0, 0.05) is 23.0 Å². The lowest BCUT2D eigenvalue weighted by Gasteiger charge is -2.06. The van der Waals surface area contributed by atoms with Gasteiger partial charge in [0.25, 0.3) is 5.91 Å². The topological polar surface area (TPSA) is 102 Å². The molecule has 0 saturated heterocycles. The molecule has 0 radical (unpaired) electrons. The van der Waals surface area contributed by atoms with Crippen LogP contribution in [-0.4, -0.2) is 36.5 Å². The number of nitrogens with zero attached hydrogens (tertiary/aromatic N) is 4. The number of nitrogens with one attached hydrogen (secondary N) is 1. The summed E-state index contributed by atoms with van der Waals surface area (Å²) in [7, 11) is 0. The highest BCUT2D eigenvalue weighted by molar-refractivity contribution is 6.31. The molecule has 3 rings (SSSR count). The molecule has 0 spiro atoms. The molecule has 0 aliphatic rings. The molecular formula is C17H15ClFN5O3. The average molecular weight is 392 g/mol. The number of aromatic nitrogens is 4. The molecule has 10 heteroatoms. The van der Waals surface area contributed by atoms with Gasteiger partial charge in [0.1, 0.15) is 11.9 Å². The zero-order chi connectivity index (χ0) is 19.6. The number of amides is 1. The van der Waals surface area contributed by atoms with Crippen molar-refractivity contribution in [1.82, 2.24) is 19.6 Å². The zero-order valence-corrected chi connectivity index (χ0v) is 14.9. The van der Waals surface area contributed by atoms with Crippen molar-refractivity contribution >= 4 is 29.2 Å². The van der Waals surface area contributed by atoms with Gasteiger partial charge in [-0.25, -0.2) is 9.18 Å². The summed E-state index contributed by atoms with van der Waals surface area (Å²) < 4.78 is 16.5. The number of aliphatic carboxylic acids is 1. The highest BCUT2D eigenvalue weighted by Gasteiger charge is 2.17. The number of carbonyl (C=O) groups is 2. The fourth-order valence-electron chi connectivity index (χ4n) is 2.34. The third-order valence-corrected chi connectivity index (χ3v) is 4.22. The van der Waals surface area contributed by atoms with Gasteiger partial charge < -0.3 is 10.4 Å². The Labute approximate surface area is 158 Å². The first-order chi connectivity index (χ1) is 12.8. The van der Waals surface area contributed by atoms with Crippen molar-refractivity contribution in [3.63, 3.8) is 0 Å². The molecule has 1 unspecified atom stereocenters. The summed E-state index contributed by atoms with van der Waals surface area (Å²) in [6.45, 7) is 1.56. The summed E-state index contributed by atoms with van der Waals surface area (Å²) >= 11 is 6.00. The fraction of sp³-hybridized carbons (Fsp3) is 0.176. The molecule has 0 fully saturated rings. The van der Waals surface area contributed by atoms with Gasteiger partial charge in [-0.05, 0) is 25.1 Å². The van der Waals surface area contributed by atoms with Crippen LogP contribution in [0, 0.1) is 5.82 Å². The number of carboxylic acids is 1. The van der Waals surface area contributed by atoms with Crippen LogP contribution >= 0.6 is 11.6 Å². The molecule has 0 aliphatic carbocycles. The average Bonchev–Trinajstić information content (AvgIpc) is 3.27. The normalized spacial score (nSPS) is 12.0. The van der Waals surface area contributed by atoms with Crippen molar-refractivity contribution in [2.24, 2.45) is 0 Å². The third-order valence-electron chi connectivity index (χ3n) is 3.87. The van der Waals surface area contributed by atoms with Crippen LogP contribution in [0.25, 0.3) is 0 Å². The molecule has 0 bridgehead atoms. The van der Waals surface area contributed by atoms with E-state index < -0.39 is 23.7 Å². The number of benzene rings is 1. The van der Waals surface area contributed by atoms with Crippen LogP contribution in [0.3, 0.4) is 0 Å². The van der Waals surface area contributed by atoms with Gasteiger partial charge in [0.2, 0.25) is 0 Å². The molecular weight excluding hydrogens is 377 g/mol. The molecule has 3 aromatic rings. The van der Waals surface area contributed by atoms with E-state index in [1.165, 1.54) is 53.1 Å². The molecule has 0 aliphatic heterocycles. The number of carbonyl (C=O) groups excluding carboxylic acids is 1. The van der Waals surface area contributed by atoms with Crippen molar-refractivity contribution in [2.45, 2.75) is 19.5 Å². The van der Waals surface area contributed by atoms with Crippen molar-refractivity contribution < 1.29 is 19.1 Å². The summed E-state index contributed by atoms with van der Waals surface area (Å²) in [6.07, 6.45) is 4.35. The van der Waals surface area contributed by atoms with Gasteiger partial charge in [0.15, 0.2) is 5.69 Å². The van der Waals surface area contributed by atoms with Crippen LogP contribution in [0.4, 0.5) is 10.1 Å². The van der Waals surface area contributed by atoms with Gasteiger partial charge in [-0.1, -0.05) is 17.7 Å². The van der Waals surface area contributed by atoms with Crippen LogP contribution < -0.4 is 5.32 Å². The summed E-state index contributed by atoms with van der Waals surface area (Å²) in [5.41, 5.74) is 0.739. The number of anilines is 1. The highest BCUT2D eigenvalue weighted by atomic mass is 35.5. The predicted molar refractivity (Wildman–Crippen MR) is 95.3 cm³/mol. The molecule has 0 saturated carbocycles. The van der Waals surface area contributed by atoms with Gasteiger partial charge in [-0.2, -0.15) is 10.2 Å². The monoisotopic (exact) mass is 391 g/mol. The second-order valence-electron chi connectivity index (χ2n) is 5.78. The Morgan fingerprint density at radius 3 is 2.85 bits per heavy atom. The van der Waals surface area contributed by atoms with Crippen LogP contribution in [0.1, 0.15) is 29.0 Å². The quantitative estimate of drug-likeness (QED) is 0.672. The maximum absolute atomic E-state index is 13.9. The van der Waals surface area contributed by atoms with Crippen LogP contribution in [-0.2, 0) is 11.3 Å². The summed E-state index contributed by atoms with van der Waals surface area (Å²) in [6, 6.07) is 4.93. The van der Waals surface area contributed by atoms with Gasteiger partial charge >= 0.3 is 5.97 Å². The van der Waals surface area contributed by atoms with E-state index in [0.29, 0.717) is 11.3 Å². The summed E-state index contributed by atoms with van der Waals surface area (Å²) in [5.74, 6) is -2.02. The van der Waals surface area contributed by atoms with Crippen molar-refractivity contribution in [1.29, 1.82) is 0 Å². The molecule has 2 heterocycles. The Kier molecular flexibility index (Phi) is 5.22. The van der Waals surface area contributed by atoms with E-state index in [1.807, 2.05) is 0 Å². The number of halogens is 2. The number of hydrogen-bond acceptors (Lipinski definition) is 4. The Hall–Kier alpha value is -3.20. The first kappa shape index (κ1) is 18.6. The fourth-order valence-corrected chi connectivity index (χ4v) is 2.57. The van der Waals surface area contributed by atoms with Gasteiger partial charge in [-0.3, -0.25) is 14.2 Å². The molecule has 1 amide bonds. The Morgan fingerprint density at radius 1 is 1.37 bits per heavy atom. The van der Waals surface area contributed by atoms with E-state index in [1.54, 1.807) is 6.07 Å². The second-order valence-corrected chi connectivity index (χ2v) is 6.18. The van der Waals surface area contributed by atoms with Crippen LogP contribution in [0.15, 0.2) is 42.9 Å². The molecule has 8 nitrogen and oxygen atoms in total. The number of rotatable bonds is 6. The van der Waals surface area contributed by atoms with E-state index in [4.69, 9.17) is 16.7 Å². The highest BCUT2D eigenvalue weighted by Crippen LogP contribution is 2.20. The molecule has 140 valence electrons. The lowest BCUT2D eigenvalue weighted by Crippen LogP contribution is -2.18. The zero-order valence-electron chi connectivity index (χ0n) is 14.1. The standard InChI is InChI=1S/C17H15ClFN5O3/c1-10(17(26)27)24-6-5-15(22-24)16(25)21-11-7-20-23(8-11)9-12-13(18)3-2-4-14(12)19/h2-8,10H,9H2,1H3,(H,21,25)(H,26,27). The SMILES string of the molecule is CC(C(=O)O)n1ccc(C(=O)Nc2cnn(Cc3c(F)cccc3Cl)c2)n1. The third kappa shape index (κ3) is 4.14. The molecule has 2 N–H and O–H groups in total. The Morgan fingerprint density at radius 2 is 2.15 bits per heavy atom. The van der Waals surface area contributed by atoms with Crippen molar-refractivity contribution in [3.05, 3.63) is 65.0 Å². The van der Waals surface area contributed by atoms with E-state index in [9.17, 15) is 14.0 Å². The van der Waals surface area contributed by atoms with Crippen LogP contribution in [0.2, 0.25) is 5.02 Å². The maximum Gasteiger partial charge on any atom is 0.328 e. The van der Waals surface area contributed by atoms with Crippen molar-refractivity contribution in [3.8, 4) is 0 Å². The van der Waals surface area contributed by atoms with Crippen molar-refractivity contribution in [2.75, 3.05) is 5.32 Å². The molecule has 1 aromatic carbocycles. The molecule has 2 aromatic heterocycles. The van der Waals surface area contributed by atoms with Gasteiger partial charge in [0.05, 0.1) is 18.4 Å². The summed E-state index contributed by atoms with van der Waals surface area (Å²) in [5, 5.41) is 19.9. The van der Waals surface area contributed by atoms with Crippen LogP contribution in [0.5, 0.6) is 0 Å².